The van der Waals surface area contributed by atoms with Crippen molar-refractivity contribution in [3.05, 3.63) is 59.7 Å². The highest BCUT2D eigenvalue weighted by Gasteiger charge is 2.57. The molecule has 2 aromatic rings. The van der Waals surface area contributed by atoms with Crippen LogP contribution >= 0.6 is 0 Å². The Hall–Kier alpha value is -2.66. The lowest BCUT2D eigenvalue weighted by molar-refractivity contribution is -0.136. The van der Waals surface area contributed by atoms with Gasteiger partial charge in [-0.05, 0) is 79.3 Å². The van der Waals surface area contributed by atoms with E-state index in [1.807, 2.05) is 19.2 Å². The van der Waals surface area contributed by atoms with E-state index in [1.54, 1.807) is 12.1 Å². The number of carbonyl (C=O) groups is 2. The number of carboxylic acid groups (broad SMARTS) is 1. The van der Waals surface area contributed by atoms with E-state index in [-0.39, 0.29) is 5.54 Å². The molecule has 3 fully saturated rings. The van der Waals surface area contributed by atoms with Crippen LogP contribution in [0.15, 0.2) is 48.5 Å². The molecule has 1 unspecified atom stereocenters. The van der Waals surface area contributed by atoms with Crippen LogP contribution in [0.25, 0.3) is 11.1 Å². The Morgan fingerprint density at radius 3 is 2.00 bits per heavy atom. The Labute approximate surface area is 177 Å². The van der Waals surface area contributed by atoms with Crippen molar-refractivity contribution in [2.24, 2.45) is 5.41 Å². The number of likely N-dealkylation sites (tertiary alicyclic amines) is 1. The maximum atomic E-state index is 12.8. The fourth-order valence-corrected chi connectivity index (χ4v) is 5.24. The monoisotopic (exact) mass is 404 g/mol. The zero-order chi connectivity index (χ0) is 20.9. The van der Waals surface area contributed by atoms with Crippen molar-refractivity contribution in [1.82, 2.24) is 10.2 Å². The highest BCUT2D eigenvalue weighted by atomic mass is 16.4. The highest BCUT2D eigenvalue weighted by molar-refractivity contribution is 5.89. The number of benzene rings is 2. The van der Waals surface area contributed by atoms with E-state index < -0.39 is 5.97 Å². The summed E-state index contributed by atoms with van der Waals surface area (Å²) < 4.78 is 0. The molecule has 5 rings (SSSR count). The van der Waals surface area contributed by atoms with Gasteiger partial charge in [-0.25, -0.2) is 4.79 Å². The highest BCUT2D eigenvalue weighted by Crippen LogP contribution is 2.65. The lowest BCUT2D eigenvalue weighted by Gasteiger charge is -2.35. The minimum atomic E-state index is -0.901. The molecule has 3 aliphatic rings. The number of aromatic carboxylic acids is 1. The molecule has 5 nitrogen and oxygen atoms in total. The number of hydrogen-bond donors (Lipinski definition) is 2. The first kappa shape index (κ1) is 19.3. The van der Waals surface area contributed by atoms with Crippen LogP contribution in [-0.4, -0.2) is 47.6 Å². The van der Waals surface area contributed by atoms with Crippen molar-refractivity contribution in [3.63, 3.8) is 0 Å². The van der Waals surface area contributed by atoms with Gasteiger partial charge in [0.25, 0.3) is 0 Å². The minimum Gasteiger partial charge on any atom is -0.478 e. The van der Waals surface area contributed by atoms with Crippen LogP contribution in [0.5, 0.6) is 0 Å². The van der Waals surface area contributed by atoms with Gasteiger partial charge in [-0.1, -0.05) is 36.4 Å². The van der Waals surface area contributed by atoms with Gasteiger partial charge < -0.3 is 15.3 Å². The van der Waals surface area contributed by atoms with Gasteiger partial charge in [0.1, 0.15) is 0 Å². The number of nitrogens with one attached hydrogen (secondary N) is 1. The fourth-order valence-electron chi connectivity index (χ4n) is 5.24. The predicted molar refractivity (Wildman–Crippen MR) is 115 cm³/mol. The molecule has 1 amide bonds. The molecule has 2 aromatic carbocycles. The van der Waals surface area contributed by atoms with Crippen molar-refractivity contribution < 1.29 is 14.7 Å². The summed E-state index contributed by atoms with van der Waals surface area (Å²) >= 11 is 0. The molecule has 5 heteroatoms. The first-order chi connectivity index (χ1) is 14.5. The van der Waals surface area contributed by atoms with Gasteiger partial charge in [0, 0.05) is 13.1 Å². The van der Waals surface area contributed by atoms with Crippen LogP contribution in [-0.2, 0) is 4.79 Å². The average molecular weight is 405 g/mol. The standard InChI is InChI=1S/C25H28N2O3/c1-26-25(10-11-25)23(30)27-14-12-24(13-15-27)16-21(24)19-6-2-17(3-7-19)18-4-8-20(9-5-18)22(28)29/h2-9,21,26H,10-16H2,1H3,(H,28,29). The van der Waals surface area contributed by atoms with Gasteiger partial charge in [-0.3, -0.25) is 4.79 Å². The molecule has 2 aliphatic carbocycles. The Bertz CT molecular complexity index is 968. The number of amides is 1. The minimum absolute atomic E-state index is 0.258. The summed E-state index contributed by atoms with van der Waals surface area (Å²) in [6, 6.07) is 15.7. The predicted octanol–water partition coefficient (Wildman–Crippen LogP) is 3.90. The molecule has 0 bridgehead atoms. The third-order valence-corrected chi connectivity index (χ3v) is 7.65. The van der Waals surface area contributed by atoms with Crippen LogP contribution in [0.4, 0.5) is 0 Å². The Morgan fingerprint density at radius 1 is 0.933 bits per heavy atom. The Balaban J connectivity index is 1.22. The van der Waals surface area contributed by atoms with Crippen LogP contribution in [0.1, 0.15) is 53.9 Å². The Morgan fingerprint density at radius 2 is 1.50 bits per heavy atom. The van der Waals surface area contributed by atoms with Crippen molar-refractivity contribution in [1.29, 1.82) is 0 Å². The number of likely N-dealkylation sites (N-methyl/N-ethyl adjacent to an activating group) is 1. The van der Waals surface area contributed by atoms with E-state index in [4.69, 9.17) is 5.11 Å². The first-order valence-electron chi connectivity index (χ1n) is 10.9. The normalized spacial score (nSPS) is 23.2. The summed E-state index contributed by atoms with van der Waals surface area (Å²) in [5, 5.41) is 12.3. The molecule has 1 aliphatic heterocycles. The number of hydrogen-bond acceptors (Lipinski definition) is 3. The average Bonchev–Trinajstić information content (AvgIpc) is 3.70. The van der Waals surface area contributed by atoms with Crippen molar-refractivity contribution in [2.45, 2.75) is 43.6 Å². The van der Waals surface area contributed by atoms with Gasteiger partial charge in [-0.15, -0.1) is 0 Å². The second-order valence-electron chi connectivity index (χ2n) is 9.25. The molecule has 0 aromatic heterocycles. The van der Waals surface area contributed by atoms with Crippen molar-refractivity contribution in [3.8, 4) is 11.1 Å². The van der Waals surface area contributed by atoms with Crippen LogP contribution in [0.3, 0.4) is 0 Å². The van der Waals surface area contributed by atoms with E-state index in [0.717, 1.165) is 49.9 Å². The molecular formula is C25H28N2O3. The van der Waals surface area contributed by atoms with E-state index in [0.29, 0.717) is 22.8 Å². The largest absolute Gasteiger partial charge is 0.478 e. The van der Waals surface area contributed by atoms with E-state index >= 15 is 0 Å². The van der Waals surface area contributed by atoms with Gasteiger partial charge in [0.2, 0.25) is 5.91 Å². The van der Waals surface area contributed by atoms with E-state index in [1.165, 1.54) is 12.0 Å². The van der Waals surface area contributed by atoms with Crippen LogP contribution in [0.2, 0.25) is 0 Å². The van der Waals surface area contributed by atoms with Gasteiger partial charge in [-0.2, -0.15) is 0 Å². The molecule has 1 spiro atoms. The molecule has 1 atom stereocenters. The zero-order valence-corrected chi connectivity index (χ0v) is 17.4. The topological polar surface area (TPSA) is 69.6 Å². The molecule has 2 N–H and O–H groups in total. The summed E-state index contributed by atoms with van der Waals surface area (Å²) in [6.45, 7) is 1.76. The number of carbonyl (C=O) groups excluding carboxylic acids is 1. The smallest absolute Gasteiger partial charge is 0.335 e. The molecule has 2 saturated carbocycles. The number of rotatable bonds is 5. The van der Waals surface area contributed by atoms with Crippen LogP contribution < -0.4 is 5.32 Å². The van der Waals surface area contributed by atoms with Crippen LogP contribution in [0, 0.1) is 5.41 Å². The molecule has 1 saturated heterocycles. The lowest BCUT2D eigenvalue weighted by Crippen LogP contribution is -2.50. The number of carboxylic acids is 1. The molecule has 1 heterocycles. The SMILES string of the molecule is CNC1(C(=O)N2CCC3(CC2)CC3c2ccc(-c3ccc(C(=O)O)cc3)cc2)CC1. The summed E-state index contributed by atoms with van der Waals surface area (Å²) in [4.78, 5) is 25.9. The quantitative estimate of drug-likeness (QED) is 0.793. The van der Waals surface area contributed by atoms with Crippen molar-refractivity contribution in [2.75, 3.05) is 20.1 Å². The summed E-state index contributed by atoms with van der Waals surface area (Å²) in [6.07, 6.45) is 5.36. The fraction of sp³-hybridized carbons (Fsp3) is 0.440. The first-order valence-corrected chi connectivity index (χ1v) is 10.9. The number of nitrogens with zero attached hydrogens (tertiary/aromatic N) is 1. The second kappa shape index (κ2) is 6.95. The molecule has 30 heavy (non-hydrogen) atoms. The van der Waals surface area contributed by atoms with Crippen molar-refractivity contribution >= 4 is 11.9 Å². The van der Waals surface area contributed by atoms with Gasteiger partial charge >= 0.3 is 5.97 Å². The second-order valence-corrected chi connectivity index (χ2v) is 9.25. The lowest BCUT2D eigenvalue weighted by atomic mass is 9.88. The summed E-state index contributed by atoms with van der Waals surface area (Å²) in [7, 11) is 1.90. The maximum Gasteiger partial charge on any atom is 0.335 e. The molecule has 156 valence electrons. The van der Waals surface area contributed by atoms with Gasteiger partial charge in [0.05, 0.1) is 11.1 Å². The summed E-state index contributed by atoms with van der Waals surface area (Å²) in [5.41, 5.74) is 3.94. The maximum absolute atomic E-state index is 12.8. The molecular weight excluding hydrogens is 376 g/mol. The zero-order valence-electron chi connectivity index (χ0n) is 17.4. The third-order valence-electron chi connectivity index (χ3n) is 7.65. The van der Waals surface area contributed by atoms with Gasteiger partial charge in [0.15, 0.2) is 0 Å². The van der Waals surface area contributed by atoms with E-state index in [9.17, 15) is 9.59 Å². The van der Waals surface area contributed by atoms with E-state index in [2.05, 4.69) is 34.5 Å². The molecule has 0 radical (unpaired) electrons. The summed E-state index contributed by atoms with van der Waals surface area (Å²) in [5.74, 6) is -0.00497. The third kappa shape index (κ3) is 3.21. The Kier molecular flexibility index (Phi) is 4.47. The number of piperidine rings is 1.